The average Bonchev–Trinajstić information content (AvgIpc) is 3.11. The molecule has 1 fully saturated rings. The Balaban J connectivity index is 1.62. The summed E-state index contributed by atoms with van der Waals surface area (Å²) in [6.07, 6.45) is 3.49. The lowest BCUT2D eigenvalue weighted by Crippen LogP contribution is -2.43. The van der Waals surface area contributed by atoms with E-state index in [1.165, 1.54) is 16.9 Å². The minimum Gasteiger partial charge on any atom is -0.480 e. The molecule has 1 amide bonds. The number of likely N-dealkylation sites (tertiary alicyclic amines) is 1. The maximum Gasteiger partial charge on any atom is 0.320 e. The fourth-order valence-electron chi connectivity index (χ4n) is 3.05. The molecule has 1 atom stereocenters. The third-order valence-corrected chi connectivity index (χ3v) is 5.42. The smallest absolute Gasteiger partial charge is 0.320 e. The molecule has 1 aliphatic rings. The molecule has 0 spiro atoms. The number of carbonyl (C=O) groups is 2. The largest absolute Gasteiger partial charge is 0.480 e. The van der Waals surface area contributed by atoms with E-state index >= 15 is 0 Å². The molecule has 2 N–H and O–H groups in total. The van der Waals surface area contributed by atoms with Crippen LogP contribution in [-0.4, -0.2) is 44.7 Å². The summed E-state index contributed by atoms with van der Waals surface area (Å²) in [5, 5.41) is 21.1. The molecule has 26 heavy (non-hydrogen) atoms. The van der Waals surface area contributed by atoms with E-state index in [1.54, 1.807) is 0 Å². The van der Waals surface area contributed by atoms with Crippen molar-refractivity contribution in [2.24, 2.45) is 0 Å². The normalized spacial score (nSPS) is 17.8. The highest BCUT2D eigenvalue weighted by molar-refractivity contribution is 7.13. The molecular formula is C18H22N4O3S. The zero-order chi connectivity index (χ0) is 18.5. The molecule has 1 aliphatic heterocycles. The Morgan fingerprint density at radius 3 is 2.73 bits per heavy atom. The van der Waals surface area contributed by atoms with Gasteiger partial charge in [0.15, 0.2) is 0 Å². The van der Waals surface area contributed by atoms with Crippen LogP contribution >= 0.6 is 11.3 Å². The maximum absolute atomic E-state index is 12.3. The Labute approximate surface area is 156 Å². The number of rotatable bonds is 6. The molecule has 1 aromatic heterocycles. The first kappa shape index (κ1) is 18.5. The fraction of sp³-hybridized carbons (Fsp3) is 0.444. The van der Waals surface area contributed by atoms with Crippen molar-refractivity contribution < 1.29 is 14.7 Å². The molecule has 2 heterocycles. The van der Waals surface area contributed by atoms with Gasteiger partial charge in [-0.3, -0.25) is 14.5 Å². The standard InChI is InChI=1S/C18H22N4O3S/c1-2-12-6-8-13(9-7-12)19-16(23)17-21-20-15(26-17)11-22-10-4-3-5-14(22)18(24)25/h6-9,14H,2-5,10-11H2,1H3,(H,19,23)(H,24,25). The van der Waals surface area contributed by atoms with Gasteiger partial charge in [-0.15, -0.1) is 10.2 Å². The van der Waals surface area contributed by atoms with E-state index in [0.717, 1.165) is 25.8 Å². The van der Waals surface area contributed by atoms with Crippen molar-refractivity contribution in [3.63, 3.8) is 0 Å². The zero-order valence-corrected chi connectivity index (χ0v) is 15.5. The minimum absolute atomic E-state index is 0.281. The number of benzene rings is 1. The number of carbonyl (C=O) groups excluding carboxylic acids is 1. The Bertz CT molecular complexity index is 775. The van der Waals surface area contributed by atoms with Crippen LogP contribution in [0.25, 0.3) is 0 Å². The summed E-state index contributed by atoms with van der Waals surface area (Å²) in [6.45, 7) is 3.21. The fourth-order valence-corrected chi connectivity index (χ4v) is 3.81. The molecule has 8 heteroatoms. The lowest BCUT2D eigenvalue weighted by atomic mass is 10.0. The summed E-state index contributed by atoms with van der Waals surface area (Å²) in [6, 6.07) is 7.20. The van der Waals surface area contributed by atoms with Crippen LogP contribution in [-0.2, 0) is 17.8 Å². The number of hydrogen-bond acceptors (Lipinski definition) is 6. The van der Waals surface area contributed by atoms with Crippen LogP contribution in [0.1, 0.15) is 46.6 Å². The lowest BCUT2D eigenvalue weighted by Gasteiger charge is -2.31. The molecule has 0 saturated carbocycles. The van der Waals surface area contributed by atoms with Crippen LogP contribution in [0.5, 0.6) is 0 Å². The van der Waals surface area contributed by atoms with E-state index in [0.29, 0.717) is 23.7 Å². The van der Waals surface area contributed by atoms with Crippen molar-refractivity contribution in [1.29, 1.82) is 0 Å². The highest BCUT2D eigenvalue weighted by atomic mass is 32.1. The van der Waals surface area contributed by atoms with Crippen LogP contribution in [0.4, 0.5) is 5.69 Å². The summed E-state index contributed by atoms with van der Waals surface area (Å²) >= 11 is 1.21. The van der Waals surface area contributed by atoms with E-state index in [4.69, 9.17) is 0 Å². The molecule has 1 aromatic carbocycles. The number of nitrogens with zero attached hydrogens (tertiary/aromatic N) is 3. The molecule has 0 aliphatic carbocycles. The summed E-state index contributed by atoms with van der Waals surface area (Å²) in [7, 11) is 0. The molecule has 7 nitrogen and oxygen atoms in total. The number of anilines is 1. The Morgan fingerprint density at radius 1 is 1.27 bits per heavy atom. The van der Waals surface area contributed by atoms with Gasteiger partial charge in [-0.2, -0.15) is 0 Å². The lowest BCUT2D eigenvalue weighted by molar-refractivity contribution is -0.144. The SMILES string of the molecule is CCc1ccc(NC(=O)c2nnc(CN3CCCCC3C(=O)O)s2)cc1. The Kier molecular flexibility index (Phi) is 5.95. The summed E-state index contributed by atoms with van der Waals surface area (Å²) in [5.41, 5.74) is 1.92. The molecule has 0 radical (unpaired) electrons. The average molecular weight is 374 g/mol. The molecule has 2 aromatic rings. The van der Waals surface area contributed by atoms with E-state index in [1.807, 2.05) is 29.2 Å². The molecular weight excluding hydrogens is 352 g/mol. The number of hydrogen-bond donors (Lipinski definition) is 2. The van der Waals surface area contributed by atoms with Crippen molar-refractivity contribution in [2.75, 3.05) is 11.9 Å². The summed E-state index contributed by atoms with van der Waals surface area (Å²) in [5.74, 6) is -1.10. The molecule has 1 unspecified atom stereocenters. The second-order valence-electron chi connectivity index (χ2n) is 6.33. The second-order valence-corrected chi connectivity index (χ2v) is 7.39. The van der Waals surface area contributed by atoms with Gasteiger partial charge < -0.3 is 10.4 Å². The number of piperidine rings is 1. The van der Waals surface area contributed by atoms with Gasteiger partial charge in [0, 0.05) is 5.69 Å². The Morgan fingerprint density at radius 2 is 2.04 bits per heavy atom. The minimum atomic E-state index is -0.803. The molecule has 3 rings (SSSR count). The number of aromatic nitrogens is 2. The van der Waals surface area contributed by atoms with Crippen molar-refractivity contribution in [3.8, 4) is 0 Å². The Hall–Kier alpha value is -2.32. The van der Waals surface area contributed by atoms with Gasteiger partial charge in [0.1, 0.15) is 11.0 Å². The zero-order valence-electron chi connectivity index (χ0n) is 14.6. The van der Waals surface area contributed by atoms with Crippen molar-refractivity contribution in [3.05, 3.63) is 39.8 Å². The summed E-state index contributed by atoms with van der Waals surface area (Å²) < 4.78 is 0. The van der Waals surface area contributed by atoms with Gasteiger partial charge in [-0.1, -0.05) is 36.8 Å². The number of amides is 1. The maximum atomic E-state index is 12.3. The van der Waals surface area contributed by atoms with Crippen LogP contribution in [0.3, 0.4) is 0 Å². The van der Waals surface area contributed by atoms with Gasteiger partial charge >= 0.3 is 5.97 Å². The van der Waals surface area contributed by atoms with Crippen LogP contribution in [0, 0.1) is 0 Å². The second kappa shape index (κ2) is 8.37. The monoisotopic (exact) mass is 374 g/mol. The van der Waals surface area contributed by atoms with Crippen molar-refractivity contribution >= 4 is 28.9 Å². The number of carboxylic acids is 1. The third-order valence-electron chi connectivity index (χ3n) is 4.52. The van der Waals surface area contributed by atoms with Gasteiger partial charge in [-0.05, 0) is 43.5 Å². The third kappa shape index (κ3) is 4.44. The van der Waals surface area contributed by atoms with Gasteiger partial charge in [0.05, 0.1) is 6.54 Å². The number of carboxylic acid groups (broad SMARTS) is 1. The van der Waals surface area contributed by atoms with E-state index in [9.17, 15) is 14.7 Å². The van der Waals surface area contributed by atoms with Crippen molar-refractivity contribution in [1.82, 2.24) is 15.1 Å². The van der Waals surface area contributed by atoms with Gasteiger partial charge in [-0.25, -0.2) is 0 Å². The highest BCUT2D eigenvalue weighted by Crippen LogP contribution is 2.22. The van der Waals surface area contributed by atoms with Gasteiger partial charge in [0.25, 0.3) is 5.91 Å². The number of aliphatic carboxylic acids is 1. The quantitative estimate of drug-likeness (QED) is 0.807. The van der Waals surface area contributed by atoms with Crippen LogP contribution in [0.2, 0.25) is 0 Å². The predicted molar refractivity (Wildman–Crippen MR) is 99.4 cm³/mol. The first-order valence-corrected chi connectivity index (χ1v) is 9.58. The highest BCUT2D eigenvalue weighted by Gasteiger charge is 2.29. The van der Waals surface area contributed by atoms with E-state index in [-0.39, 0.29) is 10.9 Å². The number of nitrogens with one attached hydrogen (secondary N) is 1. The molecule has 138 valence electrons. The van der Waals surface area contributed by atoms with Crippen LogP contribution in [0.15, 0.2) is 24.3 Å². The van der Waals surface area contributed by atoms with E-state index < -0.39 is 12.0 Å². The number of aryl methyl sites for hydroxylation is 1. The van der Waals surface area contributed by atoms with Crippen molar-refractivity contribution in [2.45, 2.75) is 45.2 Å². The molecule has 1 saturated heterocycles. The summed E-state index contributed by atoms with van der Waals surface area (Å²) in [4.78, 5) is 25.6. The first-order valence-electron chi connectivity index (χ1n) is 8.76. The predicted octanol–water partition coefficient (Wildman–Crippen LogP) is 2.79. The first-order chi connectivity index (χ1) is 12.6. The topological polar surface area (TPSA) is 95.4 Å². The van der Waals surface area contributed by atoms with E-state index in [2.05, 4.69) is 22.4 Å². The van der Waals surface area contributed by atoms with Crippen LogP contribution < -0.4 is 5.32 Å². The molecule has 0 bridgehead atoms. The van der Waals surface area contributed by atoms with Gasteiger partial charge in [0.2, 0.25) is 5.01 Å².